The van der Waals surface area contributed by atoms with E-state index in [4.69, 9.17) is 0 Å². The summed E-state index contributed by atoms with van der Waals surface area (Å²) in [7, 11) is -2.86. The van der Waals surface area contributed by atoms with Gasteiger partial charge in [0.1, 0.15) is 0 Å². The van der Waals surface area contributed by atoms with Gasteiger partial charge in [-0.05, 0) is 13.8 Å². The molecule has 0 radical (unpaired) electrons. The molecule has 26 heavy (non-hydrogen) atoms. The highest BCUT2D eigenvalue weighted by Crippen LogP contribution is 2.48. The molecule has 0 spiro atoms. The minimum Gasteiger partial charge on any atom is -0.371 e. The molecule has 0 aliphatic carbocycles. The molecule has 0 aliphatic rings. The number of aryl methyl sites for hydroxylation is 2. The Balaban J connectivity index is 0.000000359. The Bertz CT molecular complexity index is 681. The second-order valence-corrected chi connectivity index (χ2v) is 13.3. The van der Waals surface area contributed by atoms with E-state index in [1.54, 1.807) is 0 Å². The fraction of sp³-hybridized carbons (Fsp3) is 0.571. The molecule has 0 bridgehead atoms. The van der Waals surface area contributed by atoms with Crippen molar-refractivity contribution in [1.82, 2.24) is 9.97 Å². The first-order valence-electron chi connectivity index (χ1n) is 7.20. The van der Waals surface area contributed by atoms with Crippen molar-refractivity contribution in [3.63, 3.8) is 0 Å². The molecule has 12 heteroatoms. The second kappa shape index (κ2) is 7.56. The van der Waals surface area contributed by atoms with Gasteiger partial charge in [-0.25, -0.2) is 9.97 Å². The van der Waals surface area contributed by atoms with Crippen LogP contribution in [0.15, 0.2) is 11.0 Å². The van der Waals surface area contributed by atoms with Gasteiger partial charge in [0.25, 0.3) is 0 Å². The van der Waals surface area contributed by atoms with Crippen LogP contribution in [0.5, 0.6) is 0 Å². The zero-order chi connectivity index (χ0) is 20.6. The van der Waals surface area contributed by atoms with Crippen molar-refractivity contribution in [3.8, 4) is 0 Å². The monoisotopic (exact) mass is 436 g/mol. The fourth-order valence-corrected chi connectivity index (χ4v) is 3.58. The highest BCUT2D eigenvalue weighted by molar-refractivity contribution is 7.11. The van der Waals surface area contributed by atoms with Crippen LogP contribution in [-0.4, -0.2) is 35.1 Å². The summed E-state index contributed by atoms with van der Waals surface area (Å²) < 4.78 is 74.8. The molecule has 3 nitrogen and oxygen atoms in total. The number of alkyl halides is 6. The van der Waals surface area contributed by atoms with Crippen molar-refractivity contribution in [1.29, 1.82) is 0 Å². The SMILES string of the molecule is C[Si](C)(C)C(F)(F)F.Cc1ncsc1C(O)(c1scnc1C)C(F)(F)F. The molecule has 2 aromatic heterocycles. The van der Waals surface area contributed by atoms with Crippen molar-refractivity contribution >= 4 is 30.7 Å². The van der Waals surface area contributed by atoms with Gasteiger partial charge in [-0.1, -0.05) is 19.6 Å². The largest absolute Gasteiger partial charge is 0.427 e. The maximum atomic E-state index is 13.3. The fourth-order valence-electron chi connectivity index (χ4n) is 1.66. The van der Waals surface area contributed by atoms with E-state index in [-0.39, 0.29) is 21.1 Å². The Labute approximate surface area is 155 Å². The number of hydrogen-bond acceptors (Lipinski definition) is 5. The van der Waals surface area contributed by atoms with Gasteiger partial charge in [0.2, 0.25) is 5.60 Å². The summed E-state index contributed by atoms with van der Waals surface area (Å²) in [6.45, 7) is 6.74. The van der Waals surface area contributed by atoms with Crippen LogP contribution in [-0.2, 0) is 5.60 Å². The van der Waals surface area contributed by atoms with Gasteiger partial charge in [0, 0.05) is 0 Å². The van der Waals surface area contributed by atoms with Gasteiger partial charge < -0.3 is 5.11 Å². The van der Waals surface area contributed by atoms with Gasteiger partial charge in [0.15, 0.2) is 8.07 Å². The number of halogens is 6. The summed E-state index contributed by atoms with van der Waals surface area (Å²) in [4.78, 5) is 7.14. The van der Waals surface area contributed by atoms with E-state index < -0.39 is 25.7 Å². The summed E-state index contributed by atoms with van der Waals surface area (Å²) in [5.41, 5.74) is -0.0980. The van der Waals surface area contributed by atoms with Crippen LogP contribution in [0.25, 0.3) is 0 Å². The second-order valence-electron chi connectivity index (χ2n) is 6.49. The van der Waals surface area contributed by atoms with E-state index >= 15 is 0 Å². The van der Waals surface area contributed by atoms with E-state index in [0.29, 0.717) is 0 Å². The third-order valence-corrected chi connectivity index (χ3v) is 7.18. The molecule has 2 rings (SSSR count). The summed E-state index contributed by atoms with van der Waals surface area (Å²) in [5.74, 6) is -3.92. The third kappa shape index (κ3) is 4.64. The molecular weight excluding hydrogens is 418 g/mol. The predicted molar refractivity (Wildman–Crippen MR) is 92.2 cm³/mol. The molecule has 0 amide bonds. The van der Waals surface area contributed by atoms with Gasteiger partial charge in [0.05, 0.1) is 32.2 Å². The molecule has 0 unspecified atom stereocenters. The van der Waals surface area contributed by atoms with Gasteiger partial charge in [-0.2, -0.15) is 26.3 Å². The summed E-state index contributed by atoms with van der Waals surface area (Å²) in [5, 5.41) is 10.2. The maximum Gasteiger partial charge on any atom is 0.427 e. The molecule has 148 valence electrons. The smallest absolute Gasteiger partial charge is 0.371 e. The molecule has 2 aromatic rings. The molecule has 0 aliphatic heterocycles. The Morgan fingerprint density at radius 1 is 0.846 bits per heavy atom. The summed E-state index contributed by atoms with van der Waals surface area (Å²) in [6.07, 6.45) is -4.82. The average molecular weight is 437 g/mol. The number of aliphatic hydroxyl groups is 1. The van der Waals surface area contributed by atoms with Crippen LogP contribution in [0, 0.1) is 13.8 Å². The van der Waals surface area contributed by atoms with E-state index in [0.717, 1.165) is 22.7 Å². The molecule has 0 atom stereocenters. The normalized spacial score (nSPS) is 13.4. The zero-order valence-electron chi connectivity index (χ0n) is 14.6. The molecule has 1 N–H and O–H groups in total. The summed E-state index contributed by atoms with van der Waals surface area (Å²) >= 11 is 1.58. The lowest BCUT2D eigenvalue weighted by Gasteiger charge is -2.29. The lowest BCUT2D eigenvalue weighted by atomic mass is 9.96. The summed E-state index contributed by atoms with van der Waals surface area (Å²) in [6, 6.07) is 0. The van der Waals surface area contributed by atoms with Crippen LogP contribution < -0.4 is 0 Å². The Morgan fingerprint density at radius 2 is 1.15 bits per heavy atom. The van der Waals surface area contributed by atoms with E-state index in [9.17, 15) is 31.4 Å². The molecular formula is C14H18F6N2OS2Si. The topological polar surface area (TPSA) is 46.0 Å². The molecule has 0 saturated heterocycles. The van der Waals surface area contributed by atoms with E-state index in [1.165, 1.54) is 44.5 Å². The highest BCUT2D eigenvalue weighted by atomic mass is 32.1. The highest BCUT2D eigenvalue weighted by Gasteiger charge is 2.59. The van der Waals surface area contributed by atoms with Crippen LogP contribution in [0.1, 0.15) is 21.1 Å². The Kier molecular flexibility index (Phi) is 6.71. The number of nitrogens with zero attached hydrogens (tertiary/aromatic N) is 2. The first-order chi connectivity index (χ1) is 11.5. The number of hydrogen-bond donors (Lipinski definition) is 1. The number of thiazole rings is 2. The van der Waals surface area contributed by atoms with Gasteiger partial charge >= 0.3 is 12.0 Å². The third-order valence-electron chi connectivity index (χ3n) is 3.41. The molecule has 2 heterocycles. The van der Waals surface area contributed by atoms with Crippen molar-refractivity contribution in [2.45, 2.75) is 51.1 Å². The molecule has 0 aromatic carbocycles. The van der Waals surface area contributed by atoms with Crippen LogP contribution >= 0.6 is 22.7 Å². The average Bonchev–Trinajstić information content (AvgIpc) is 3.04. The first kappa shape index (κ1) is 23.1. The quantitative estimate of drug-likeness (QED) is 0.504. The standard InChI is InChI=1S/C10H9F3N2OS2.C4H9F3Si/c1-5-7(17-3-14-5)9(16,10(11,12)13)8-6(2)15-4-18-8;1-8(2,3)4(5,6)7/h3-4,16H,1-2H3;1-3H3. The number of rotatable bonds is 2. The van der Waals surface area contributed by atoms with E-state index in [2.05, 4.69) is 9.97 Å². The maximum absolute atomic E-state index is 13.3. The Morgan fingerprint density at radius 3 is 1.31 bits per heavy atom. The minimum absolute atomic E-state index is 0.174. The van der Waals surface area contributed by atoms with Crippen LogP contribution in [0.2, 0.25) is 19.6 Å². The van der Waals surface area contributed by atoms with Gasteiger partial charge in [-0.3, -0.25) is 0 Å². The zero-order valence-corrected chi connectivity index (χ0v) is 17.2. The lowest BCUT2D eigenvalue weighted by Crippen LogP contribution is -2.43. The number of aromatic nitrogens is 2. The Hall–Kier alpha value is -0.983. The van der Waals surface area contributed by atoms with Crippen molar-refractivity contribution in [2.24, 2.45) is 0 Å². The lowest BCUT2D eigenvalue weighted by molar-refractivity contribution is -0.246. The molecule has 0 saturated carbocycles. The minimum atomic E-state index is -4.82. The van der Waals surface area contributed by atoms with Crippen molar-refractivity contribution in [2.75, 3.05) is 0 Å². The van der Waals surface area contributed by atoms with Crippen LogP contribution in [0.4, 0.5) is 26.3 Å². The molecule has 0 fully saturated rings. The predicted octanol–water partition coefficient (Wildman–Crippen LogP) is 5.44. The van der Waals surface area contributed by atoms with E-state index in [1.807, 2.05) is 0 Å². The first-order valence-corrected chi connectivity index (χ1v) is 12.5. The van der Waals surface area contributed by atoms with Crippen LogP contribution in [0.3, 0.4) is 0 Å². The van der Waals surface area contributed by atoms with Gasteiger partial charge in [-0.15, -0.1) is 22.7 Å². The van der Waals surface area contributed by atoms with Crippen molar-refractivity contribution in [3.05, 3.63) is 32.2 Å². The van der Waals surface area contributed by atoms with Crippen molar-refractivity contribution < 1.29 is 31.4 Å².